The van der Waals surface area contributed by atoms with E-state index in [1.54, 1.807) is 0 Å². The minimum absolute atomic E-state index is 0.128. The van der Waals surface area contributed by atoms with E-state index >= 15 is 0 Å². The van der Waals surface area contributed by atoms with E-state index in [4.69, 9.17) is 0 Å². The van der Waals surface area contributed by atoms with Crippen LogP contribution in [0.1, 0.15) is 58.4 Å². The van der Waals surface area contributed by atoms with Crippen LogP contribution in [0, 0.1) is 10.8 Å². The standard InChI is InChI=1S/C82H66BN3/c1-81(2)52-62(53-82(3,4)54-81)61-49-76-78-77(50-61)86(80-66(58-32-16-8-17-33-58)40-25-41-67(80)59-34-18-9-19-35-59)75-51-63(84-72-42-22-20-36-68(72)69-37-21-23-43-73(69)84)45-47-71(75)83(78)70-46-44-60(55-26-10-5-11-27-55)48-74(70)85(76)79-64(56-28-12-6-13-29-56)38-24-39-65(79)57-30-14-7-15-31-57/h5-51,62H,52-54H2,1-4H3. The van der Waals surface area contributed by atoms with Crippen molar-refractivity contribution in [2.75, 3.05) is 9.80 Å². The van der Waals surface area contributed by atoms with Gasteiger partial charge in [0, 0.05) is 61.5 Å². The highest BCUT2D eigenvalue weighted by Crippen LogP contribution is 2.57. The highest BCUT2D eigenvalue weighted by molar-refractivity contribution is 7.00. The first-order chi connectivity index (χ1) is 42.1. The number of hydrogen-bond donors (Lipinski definition) is 0. The number of para-hydroxylation sites is 4. The molecule has 0 atom stereocenters. The third-order valence-electron chi connectivity index (χ3n) is 18.9. The Bertz CT molecular complexity index is 4550. The Balaban J connectivity index is 1.09. The number of nitrogens with zero attached hydrogens (tertiary/aromatic N) is 3. The summed E-state index contributed by atoms with van der Waals surface area (Å²) in [5.74, 6) is 0.288. The molecule has 0 spiro atoms. The third-order valence-corrected chi connectivity index (χ3v) is 18.9. The van der Waals surface area contributed by atoms with E-state index < -0.39 is 0 Å². The lowest BCUT2D eigenvalue weighted by Gasteiger charge is -2.48. The minimum atomic E-state index is -0.143. The fraction of sp³-hybridized carbons (Fsp3) is 0.122. The van der Waals surface area contributed by atoms with Gasteiger partial charge in [0.2, 0.25) is 0 Å². The summed E-state index contributed by atoms with van der Waals surface area (Å²) >= 11 is 0. The van der Waals surface area contributed by atoms with E-state index in [0.29, 0.717) is 0 Å². The second-order valence-corrected chi connectivity index (χ2v) is 25.8. The number of anilines is 6. The first-order valence-electron chi connectivity index (χ1n) is 30.7. The molecule has 2 aliphatic heterocycles. The SMILES string of the molecule is CC1(C)CC(c2cc3c4c(c2)N(c2c(-c5ccccc5)cccc2-c2ccccc2)c2cc(-n5c6ccccc6c6ccccc65)ccc2B4c2ccc(-c4ccccc4)cc2N3c2c(-c3ccccc3)cccc2-c2ccccc2)CC(C)(C)C1. The van der Waals surface area contributed by atoms with E-state index in [1.165, 1.54) is 140 Å². The monoisotopic (exact) mass is 1100 g/mol. The Morgan fingerprint density at radius 3 is 1.16 bits per heavy atom. The molecule has 4 heteroatoms. The molecule has 0 bridgehead atoms. The van der Waals surface area contributed by atoms with Crippen molar-refractivity contribution >= 4 is 79.0 Å². The molecule has 412 valence electrons. The number of benzene rings is 12. The smallest absolute Gasteiger partial charge is 0.252 e. The average molecular weight is 1100 g/mol. The first kappa shape index (κ1) is 51.7. The van der Waals surface area contributed by atoms with Crippen LogP contribution in [0.25, 0.3) is 83.1 Å². The van der Waals surface area contributed by atoms with Gasteiger partial charge in [-0.15, -0.1) is 0 Å². The van der Waals surface area contributed by atoms with E-state index in [9.17, 15) is 0 Å². The second kappa shape index (κ2) is 20.4. The Labute approximate surface area is 506 Å². The molecule has 0 radical (unpaired) electrons. The van der Waals surface area contributed by atoms with Crippen molar-refractivity contribution in [2.24, 2.45) is 10.8 Å². The van der Waals surface area contributed by atoms with Gasteiger partial charge in [0.1, 0.15) is 0 Å². The zero-order chi connectivity index (χ0) is 57.7. The zero-order valence-corrected chi connectivity index (χ0v) is 49.3. The molecule has 0 unspecified atom stereocenters. The summed E-state index contributed by atoms with van der Waals surface area (Å²) in [7, 11) is 0. The molecule has 1 aromatic heterocycles. The van der Waals surface area contributed by atoms with Gasteiger partial charge in [0.25, 0.3) is 6.71 Å². The molecule has 0 amide bonds. The van der Waals surface area contributed by atoms with Crippen molar-refractivity contribution in [3.63, 3.8) is 0 Å². The number of hydrogen-bond acceptors (Lipinski definition) is 2. The molecule has 3 nitrogen and oxygen atoms in total. The van der Waals surface area contributed by atoms with E-state index in [1.807, 2.05) is 0 Å². The molecule has 1 saturated carbocycles. The number of fused-ring (bicyclic) bond motifs is 7. The van der Waals surface area contributed by atoms with Crippen LogP contribution in [0.3, 0.4) is 0 Å². The highest BCUT2D eigenvalue weighted by Gasteiger charge is 2.47. The van der Waals surface area contributed by atoms with E-state index in [0.717, 1.165) is 18.5 Å². The predicted molar refractivity (Wildman–Crippen MR) is 366 cm³/mol. The van der Waals surface area contributed by atoms with Crippen LogP contribution in [-0.2, 0) is 0 Å². The molecular weight excluding hydrogens is 1040 g/mol. The van der Waals surface area contributed by atoms with Gasteiger partial charge in [-0.2, -0.15) is 0 Å². The van der Waals surface area contributed by atoms with Gasteiger partial charge in [-0.3, -0.25) is 0 Å². The summed E-state index contributed by atoms with van der Waals surface area (Å²) in [6, 6.07) is 107. The first-order valence-corrected chi connectivity index (χ1v) is 30.7. The molecule has 86 heavy (non-hydrogen) atoms. The van der Waals surface area contributed by atoms with Gasteiger partial charge < -0.3 is 14.4 Å². The van der Waals surface area contributed by atoms with Crippen LogP contribution in [0.15, 0.2) is 285 Å². The van der Waals surface area contributed by atoms with Crippen LogP contribution < -0.4 is 26.2 Å². The Kier molecular flexibility index (Phi) is 12.3. The Morgan fingerprint density at radius 2 is 0.721 bits per heavy atom. The summed E-state index contributed by atoms with van der Waals surface area (Å²) in [4.78, 5) is 5.46. The van der Waals surface area contributed by atoms with Crippen molar-refractivity contribution in [1.82, 2.24) is 4.57 Å². The summed E-state index contributed by atoms with van der Waals surface area (Å²) in [6.07, 6.45) is 3.36. The molecule has 1 fully saturated rings. The maximum atomic E-state index is 2.73. The molecule has 3 heterocycles. The summed E-state index contributed by atoms with van der Waals surface area (Å²) in [6.45, 7) is 9.90. The summed E-state index contributed by atoms with van der Waals surface area (Å²) in [5.41, 5.74) is 28.0. The third kappa shape index (κ3) is 8.64. The quantitative estimate of drug-likeness (QED) is 0.133. The Hall–Kier alpha value is -9.90. The molecule has 12 aromatic carbocycles. The molecule has 1 aliphatic carbocycles. The van der Waals surface area contributed by atoms with Crippen LogP contribution in [0.2, 0.25) is 0 Å². The molecule has 0 N–H and O–H groups in total. The van der Waals surface area contributed by atoms with E-state index in [2.05, 4.69) is 327 Å². The van der Waals surface area contributed by atoms with Crippen molar-refractivity contribution in [1.29, 1.82) is 0 Å². The number of rotatable bonds is 9. The van der Waals surface area contributed by atoms with Gasteiger partial charge in [-0.05, 0) is 134 Å². The predicted octanol–water partition coefficient (Wildman–Crippen LogP) is 20.5. The molecule has 3 aliphatic rings. The maximum absolute atomic E-state index is 2.73. The van der Waals surface area contributed by atoms with Crippen LogP contribution in [-0.4, -0.2) is 11.3 Å². The molecule has 13 aromatic rings. The largest absolute Gasteiger partial charge is 0.310 e. The van der Waals surface area contributed by atoms with Gasteiger partial charge in [-0.25, -0.2) is 0 Å². The highest BCUT2D eigenvalue weighted by atomic mass is 15.2. The fourth-order valence-corrected chi connectivity index (χ4v) is 15.9. The van der Waals surface area contributed by atoms with Crippen molar-refractivity contribution in [3.8, 4) is 61.3 Å². The van der Waals surface area contributed by atoms with Gasteiger partial charge >= 0.3 is 0 Å². The molecule has 0 saturated heterocycles. The van der Waals surface area contributed by atoms with Crippen LogP contribution in [0.4, 0.5) is 34.1 Å². The van der Waals surface area contributed by atoms with Gasteiger partial charge in [0.05, 0.1) is 22.4 Å². The number of aromatic nitrogens is 1. The van der Waals surface area contributed by atoms with Gasteiger partial charge in [0.15, 0.2) is 0 Å². The lowest BCUT2D eigenvalue weighted by atomic mass is 9.33. The van der Waals surface area contributed by atoms with Crippen LogP contribution in [0.5, 0.6) is 0 Å². The van der Waals surface area contributed by atoms with Crippen molar-refractivity contribution < 1.29 is 0 Å². The van der Waals surface area contributed by atoms with Crippen molar-refractivity contribution in [3.05, 3.63) is 291 Å². The average Bonchev–Trinajstić information content (AvgIpc) is 0.828. The fourth-order valence-electron chi connectivity index (χ4n) is 15.9. The maximum Gasteiger partial charge on any atom is 0.252 e. The van der Waals surface area contributed by atoms with E-state index in [-0.39, 0.29) is 23.5 Å². The topological polar surface area (TPSA) is 11.4 Å². The molecule has 16 rings (SSSR count). The van der Waals surface area contributed by atoms with Crippen LogP contribution >= 0.6 is 0 Å². The van der Waals surface area contributed by atoms with Crippen molar-refractivity contribution in [2.45, 2.75) is 52.9 Å². The Morgan fingerprint density at radius 1 is 0.337 bits per heavy atom. The molecular formula is C82H66BN3. The summed E-state index contributed by atoms with van der Waals surface area (Å²) < 4.78 is 2.50. The normalized spacial score (nSPS) is 14.9. The zero-order valence-electron chi connectivity index (χ0n) is 49.3. The second-order valence-electron chi connectivity index (χ2n) is 25.8. The van der Waals surface area contributed by atoms with Gasteiger partial charge in [-0.1, -0.05) is 270 Å². The lowest BCUT2D eigenvalue weighted by Crippen LogP contribution is -2.61. The minimum Gasteiger partial charge on any atom is -0.310 e. The summed E-state index contributed by atoms with van der Waals surface area (Å²) in [5, 5.41) is 2.50. The lowest BCUT2D eigenvalue weighted by molar-refractivity contribution is 0.0969.